The van der Waals surface area contributed by atoms with Gasteiger partial charge in [-0.25, -0.2) is 14.2 Å². The number of benzene rings is 1. The molecule has 0 aliphatic rings. The third-order valence-corrected chi connectivity index (χ3v) is 3.59. The van der Waals surface area contributed by atoms with E-state index in [1.165, 1.54) is 31.2 Å². The van der Waals surface area contributed by atoms with E-state index in [1.54, 1.807) is 12.1 Å². The van der Waals surface area contributed by atoms with E-state index < -0.39 is 17.7 Å². The quantitative estimate of drug-likeness (QED) is 0.805. The van der Waals surface area contributed by atoms with Crippen LogP contribution in [0.3, 0.4) is 0 Å². The molecule has 0 spiro atoms. The predicted molar refractivity (Wildman–Crippen MR) is 89.4 cm³/mol. The third-order valence-electron chi connectivity index (χ3n) is 3.59. The zero-order chi connectivity index (χ0) is 18.4. The maximum atomic E-state index is 13.2. The number of carboxylic acids is 1. The van der Waals surface area contributed by atoms with Crippen molar-refractivity contribution in [2.45, 2.75) is 26.4 Å². The van der Waals surface area contributed by atoms with Crippen molar-refractivity contribution < 1.29 is 23.8 Å². The minimum atomic E-state index is -1.09. The molecule has 1 heterocycles. The molecule has 1 unspecified atom stereocenters. The first-order valence-corrected chi connectivity index (χ1v) is 7.82. The molecule has 0 aliphatic carbocycles. The smallest absolute Gasteiger partial charge is 0.337 e. The minimum Gasteiger partial charge on any atom is -0.489 e. The average Bonchev–Trinajstić information content (AvgIpc) is 2.57. The number of aryl methyl sites for hydroxylation is 1. The van der Waals surface area contributed by atoms with Gasteiger partial charge in [0.2, 0.25) is 0 Å². The molecule has 1 atom stereocenters. The van der Waals surface area contributed by atoms with Crippen LogP contribution in [0.1, 0.15) is 39.9 Å². The fraction of sp³-hybridized carbons (Fsp3) is 0.278. The van der Waals surface area contributed by atoms with E-state index in [2.05, 4.69) is 10.3 Å². The second-order valence-corrected chi connectivity index (χ2v) is 5.45. The molecule has 0 bridgehead atoms. The molecule has 6 nitrogen and oxygen atoms in total. The summed E-state index contributed by atoms with van der Waals surface area (Å²) in [5.74, 6) is -1.52. The van der Waals surface area contributed by atoms with E-state index in [4.69, 9.17) is 9.84 Å². The van der Waals surface area contributed by atoms with Crippen LogP contribution in [0.5, 0.6) is 5.75 Å². The first-order valence-electron chi connectivity index (χ1n) is 7.82. The SMILES string of the molecule is CCC(CNC(=O)c1ccc(C(=O)O)c(C)n1)Oc1cccc(F)c1. The highest BCUT2D eigenvalue weighted by Crippen LogP contribution is 2.15. The van der Waals surface area contributed by atoms with Gasteiger partial charge in [0.05, 0.1) is 17.8 Å². The Kier molecular flexibility index (Phi) is 6.05. The van der Waals surface area contributed by atoms with Crippen molar-refractivity contribution in [1.29, 1.82) is 0 Å². The monoisotopic (exact) mass is 346 g/mol. The molecule has 2 rings (SSSR count). The van der Waals surface area contributed by atoms with E-state index in [0.717, 1.165) is 0 Å². The molecule has 0 saturated heterocycles. The van der Waals surface area contributed by atoms with Gasteiger partial charge >= 0.3 is 5.97 Å². The molecule has 0 saturated carbocycles. The van der Waals surface area contributed by atoms with Crippen molar-refractivity contribution in [2.24, 2.45) is 0 Å². The van der Waals surface area contributed by atoms with Crippen LogP contribution in [0.4, 0.5) is 4.39 Å². The Labute approximate surface area is 144 Å². The second-order valence-electron chi connectivity index (χ2n) is 5.45. The van der Waals surface area contributed by atoms with E-state index in [0.29, 0.717) is 12.2 Å². The van der Waals surface area contributed by atoms with Gasteiger partial charge in [0.25, 0.3) is 5.91 Å². The first-order chi connectivity index (χ1) is 11.9. The number of ether oxygens (including phenoxy) is 1. The van der Waals surface area contributed by atoms with Gasteiger partial charge in [-0.3, -0.25) is 4.79 Å². The van der Waals surface area contributed by atoms with Gasteiger partial charge < -0.3 is 15.2 Å². The van der Waals surface area contributed by atoms with Gasteiger partial charge in [0.1, 0.15) is 23.4 Å². The molecule has 25 heavy (non-hydrogen) atoms. The lowest BCUT2D eigenvalue weighted by molar-refractivity contribution is 0.0694. The molecular weight excluding hydrogens is 327 g/mol. The number of pyridine rings is 1. The van der Waals surface area contributed by atoms with Gasteiger partial charge in [-0.2, -0.15) is 0 Å². The number of amides is 1. The number of hydrogen-bond acceptors (Lipinski definition) is 4. The van der Waals surface area contributed by atoms with Crippen LogP contribution in [0, 0.1) is 12.7 Å². The summed E-state index contributed by atoms with van der Waals surface area (Å²) < 4.78 is 18.8. The van der Waals surface area contributed by atoms with Gasteiger partial charge in [-0.15, -0.1) is 0 Å². The number of nitrogens with zero attached hydrogens (tertiary/aromatic N) is 1. The lowest BCUT2D eigenvalue weighted by Crippen LogP contribution is -2.35. The Morgan fingerprint density at radius 2 is 2.08 bits per heavy atom. The summed E-state index contributed by atoms with van der Waals surface area (Å²) in [6.07, 6.45) is 0.284. The van der Waals surface area contributed by atoms with Crippen LogP contribution in [0.15, 0.2) is 36.4 Å². The number of aromatic nitrogens is 1. The summed E-state index contributed by atoms with van der Waals surface area (Å²) in [7, 11) is 0. The van der Waals surface area contributed by atoms with Crippen LogP contribution >= 0.6 is 0 Å². The van der Waals surface area contributed by atoms with Crippen molar-refractivity contribution >= 4 is 11.9 Å². The molecule has 0 aliphatic heterocycles. The number of carbonyl (C=O) groups is 2. The highest BCUT2D eigenvalue weighted by Gasteiger charge is 2.15. The van der Waals surface area contributed by atoms with Gasteiger partial charge in [0.15, 0.2) is 0 Å². The number of carbonyl (C=O) groups excluding carboxylic acids is 1. The Hall–Kier alpha value is -2.96. The third kappa shape index (κ3) is 5.00. The molecule has 7 heteroatoms. The Morgan fingerprint density at radius 3 is 2.68 bits per heavy atom. The normalized spacial score (nSPS) is 11.6. The lowest BCUT2D eigenvalue weighted by atomic mass is 10.2. The van der Waals surface area contributed by atoms with Crippen molar-refractivity contribution in [1.82, 2.24) is 10.3 Å². The summed E-state index contributed by atoms with van der Waals surface area (Å²) in [5, 5.41) is 11.7. The molecule has 1 aromatic carbocycles. The standard InChI is InChI=1S/C18H19FN2O4/c1-3-13(25-14-6-4-5-12(19)9-14)10-20-17(22)16-8-7-15(18(23)24)11(2)21-16/h4-9,13H,3,10H2,1-2H3,(H,20,22)(H,23,24). The predicted octanol–water partition coefficient (Wildman–Crippen LogP) is 2.81. The molecule has 0 fully saturated rings. The molecule has 1 aromatic heterocycles. The maximum absolute atomic E-state index is 13.2. The Bertz CT molecular complexity index is 779. The van der Waals surface area contributed by atoms with Gasteiger partial charge in [-0.05, 0) is 37.6 Å². The van der Waals surface area contributed by atoms with Crippen LogP contribution in [-0.4, -0.2) is 34.6 Å². The zero-order valence-electron chi connectivity index (χ0n) is 14.0. The summed E-state index contributed by atoms with van der Waals surface area (Å²) in [4.78, 5) is 27.1. The molecule has 1 amide bonds. The summed E-state index contributed by atoms with van der Waals surface area (Å²) in [5.41, 5.74) is 0.448. The van der Waals surface area contributed by atoms with Crippen LogP contribution in [0.25, 0.3) is 0 Å². The number of carboxylic acid groups (broad SMARTS) is 1. The fourth-order valence-corrected chi connectivity index (χ4v) is 2.21. The van der Waals surface area contributed by atoms with Crippen LogP contribution in [-0.2, 0) is 0 Å². The summed E-state index contributed by atoms with van der Waals surface area (Å²) >= 11 is 0. The molecule has 0 radical (unpaired) electrons. The number of hydrogen-bond donors (Lipinski definition) is 2. The first kappa shape index (κ1) is 18.4. The minimum absolute atomic E-state index is 0.0532. The van der Waals surface area contributed by atoms with Crippen LogP contribution < -0.4 is 10.1 Å². The van der Waals surface area contributed by atoms with Crippen LogP contribution in [0.2, 0.25) is 0 Å². The molecule has 2 N–H and O–H groups in total. The highest BCUT2D eigenvalue weighted by atomic mass is 19.1. The maximum Gasteiger partial charge on any atom is 0.337 e. The van der Waals surface area contributed by atoms with Crippen molar-refractivity contribution in [2.75, 3.05) is 6.54 Å². The summed E-state index contributed by atoms with van der Waals surface area (Å²) in [6.45, 7) is 3.63. The van der Waals surface area contributed by atoms with E-state index >= 15 is 0 Å². The van der Waals surface area contributed by atoms with Crippen molar-refractivity contribution in [3.05, 3.63) is 59.2 Å². The number of aromatic carboxylic acids is 1. The van der Waals surface area contributed by atoms with E-state index in [1.807, 2.05) is 6.92 Å². The van der Waals surface area contributed by atoms with Gasteiger partial charge in [0, 0.05) is 6.07 Å². The fourth-order valence-electron chi connectivity index (χ4n) is 2.21. The van der Waals surface area contributed by atoms with Gasteiger partial charge in [-0.1, -0.05) is 13.0 Å². The average molecular weight is 346 g/mol. The Morgan fingerprint density at radius 1 is 1.32 bits per heavy atom. The summed E-state index contributed by atoms with van der Waals surface area (Å²) in [6, 6.07) is 8.50. The highest BCUT2D eigenvalue weighted by molar-refractivity contribution is 5.94. The number of nitrogens with one attached hydrogen (secondary N) is 1. The number of halogens is 1. The largest absolute Gasteiger partial charge is 0.489 e. The molecule has 132 valence electrons. The lowest BCUT2D eigenvalue weighted by Gasteiger charge is -2.18. The molecule has 2 aromatic rings. The van der Waals surface area contributed by atoms with Crippen molar-refractivity contribution in [3.63, 3.8) is 0 Å². The second kappa shape index (κ2) is 8.23. The number of rotatable bonds is 7. The topological polar surface area (TPSA) is 88.5 Å². The van der Waals surface area contributed by atoms with E-state index in [9.17, 15) is 14.0 Å². The van der Waals surface area contributed by atoms with Crippen molar-refractivity contribution in [3.8, 4) is 5.75 Å². The van der Waals surface area contributed by atoms with E-state index in [-0.39, 0.29) is 29.6 Å². The molecular formula is C18H19FN2O4. The zero-order valence-corrected chi connectivity index (χ0v) is 14.0. The Balaban J connectivity index is 1.97.